The molecule has 0 saturated heterocycles. The van der Waals surface area contributed by atoms with Gasteiger partial charge in [-0.05, 0) is 31.4 Å². The minimum absolute atomic E-state index is 0.0244. The summed E-state index contributed by atoms with van der Waals surface area (Å²) in [5.74, 6) is 0.500. The molecule has 0 fully saturated rings. The van der Waals surface area contributed by atoms with Crippen molar-refractivity contribution < 1.29 is 14.6 Å². The quantitative estimate of drug-likeness (QED) is 0.779. The summed E-state index contributed by atoms with van der Waals surface area (Å²) in [5, 5.41) is 16.2. The molecule has 0 unspecified atom stereocenters. The first-order valence-electron chi connectivity index (χ1n) is 8.21. The van der Waals surface area contributed by atoms with Crippen LogP contribution in [0.5, 0.6) is 5.75 Å². The third-order valence-corrected chi connectivity index (χ3v) is 3.43. The summed E-state index contributed by atoms with van der Waals surface area (Å²) in [5.41, 5.74) is 1.11. The number of carbonyl (C=O) groups is 1. The molecule has 0 aliphatic rings. The SMILES string of the molecule is CC(C)COc1cn(-c2ccccc2)nc1C(=O)N[C@H](C)CCO. The van der Waals surface area contributed by atoms with Crippen LogP contribution in [-0.2, 0) is 0 Å². The van der Waals surface area contributed by atoms with Gasteiger partial charge in [0.15, 0.2) is 11.4 Å². The van der Waals surface area contributed by atoms with Crippen LogP contribution in [0.25, 0.3) is 5.69 Å². The van der Waals surface area contributed by atoms with E-state index in [1.54, 1.807) is 10.9 Å². The van der Waals surface area contributed by atoms with Gasteiger partial charge in [0.1, 0.15) is 0 Å². The molecule has 6 heteroatoms. The molecule has 1 amide bonds. The molecule has 0 radical (unpaired) electrons. The van der Waals surface area contributed by atoms with Crippen molar-refractivity contribution >= 4 is 5.91 Å². The molecule has 1 atom stereocenters. The maximum Gasteiger partial charge on any atom is 0.275 e. The molecule has 0 saturated carbocycles. The fourth-order valence-corrected chi connectivity index (χ4v) is 2.15. The maximum absolute atomic E-state index is 12.5. The lowest BCUT2D eigenvalue weighted by Crippen LogP contribution is -2.33. The Bertz CT molecular complexity index is 653. The van der Waals surface area contributed by atoms with E-state index in [-0.39, 0.29) is 24.2 Å². The Labute approximate surface area is 142 Å². The first kappa shape index (κ1) is 18.0. The normalized spacial score (nSPS) is 12.2. The molecule has 1 aromatic carbocycles. The highest BCUT2D eigenvalue weighted by Crippen LogP contribution is 2.21. The van der Waals surface area contributed by atoms with Gasteiger partial charge in [0.25, 0.3) is 5.91 Å². The van der Waals surface area contributed by atoms with Crippen LogP contribution < -0.4 is 10.1 Å². The zero-order valence-electron chi connectivity index (χ0n) is 14.4. The predicted octanol–water partition coefficient (Wildman–Crippen LogP) is 2.41. The number of nitrogens with one attached hydrogen (secondary N) is 1. The molecular weight excluding hydrogens is 306 g/mol. The van der Waals surface area contributed by atoms with E-state index in [1.165, 1.54) is 0 Å². The van der Waals surface area contributed by atoms with Crippen molar-refractivity contribution in [1.82, 2.24) is 15.1 Å². The van der Waals surface area contributed by atoms with Crippen molar-refractivity contribution in [3.8, 4) is 11.4 Å². The van der Waals surface area contributed by atoms with Gasteiger partial charge in [0.2, 0.25) is 0 Å². The van der Waals surface area contributed by atoms with Crippen molar-refractivity contribution in [2.24, 2.45) is 5.92 Å². The maximum atomic E-state index is 12.5. The summed E-state index contributed by atoms with van der Waals surface area (Å²) in [6.07, 6.45) is 2.22. The average molecular weight is 331 g/mol. The van der Waals surface area contributed by atoms with Crippen molar-refractivity contribution in [1.29, 1.82) is 0 Å². The van der Waals surface area contributed by atoms with Crippen LogP contribution in [0.1, 0.15) is 37.7 Å². The van der Waals surface area contributed by atoms with Gasteiger partial charge >= 0.3 is 0 Å². The Hall–Kier alpha value is -2.34. The highest BCUT2D eigenvalue weighted by atomic mass is 16.5. The summed E-state index contributed by atoms with van der Waals surface area (Å²) < 4.78 is 7.41. The fraction of sp³-hybridized carbons (Fsp3) is 0.444. The molecule has 0 spiro atoms. The number of aliphatic hydroxyl groups is 1. The topological polar surface area (TPSA) is 76.4 Å². The molecule has 0 bridgehead atoms. The third kappa shape index (κ3) is 4.83. The molecule has 2 N–H and O–H groups in total. The second-order valence-electron chi connectivity index (χ2n) is 6.21. The van der Waals surface area contributed by atoms with Crippen LogP contribution in [0.3, 0.4) is 0 Å². The lowest BCUT2D eigenvalue weighted by Gasteiger charge is -2.12. The van der Waals surface area contributed by atoms with E-state index in [2.05, 4.69) is 10.4 Å². The highest BCUT2D eigenvalue weighted by Gasteiger charge is 2.20. The number of para-hydroxylation sites is 1. The van der Waals surface area contributed by atoms with E-state index in [1.807, 2.05) is 51.1 Å². The molecule has 130 valence electrons. The van der Waals surface area contributed by atoms with Crippen LogP contribution in [-0.4, -0.2) is 40.0 Å². The summed E-state index contributed by atoms with van der Waals surface area (Å²) >= 11 is 0. The van der Waals surface area contributed by atoms with E-state index >= 15 is 0 Å². The Balaban J connectivity index is 2.26. The largest absolute Gasteiger partial charge is 0.489 e. The monoisotopic (exact) mass is 331 g/mol. The number of benzene rings is 1. The zero-order chi connectivity index (χ0) is 17.5. The van der Waals surface area contributed by atoms with Crippen molar-refractivity contribution in [2.45, 2.75) is 33.2 Å². The van der Waals surface area contributed by atoms with E-state index < -0.39 is 0 Å². The van der Waals surface area contributed by atoms with Crippen LogP contribution in [0, 0.1) is 5.92 Å². The van der Waals surface area contributed by atoms with E-state index in [9.17, 15) is 4.79 Å². The van der Waals surface area contributed by atoms with Crippen molar-refractivity contribution in [2.75, 3.05) is 13.2 Å². The second kappa shape index (κ2) is 8.49. The minimum Gasteiger partial charge on any atom is -0.489 e. The van der Waals surface area contributed by atoms with Crippen LogP contribution in [0.2, 0.25) is 0 Å². The number of hydrogen-bond acceptors (Lipinski definition) is 4. The first-order chi connectivity index (χ1) is 11.5. The van der Waals surface area contributed by atoms with E-state index in [0.717, 1.165) is 5.69 Å². The number of amides is 1. The lowest BCUT2D eigenvalue weighted by atomic mass is 10.2. The number of rotatable bonds is 8. The van der Waals surface area contributed by atoms with E-state index in [0.29, 0.717) is 24.7 Å². The highest BCUT2D eigenvalue weighted by molar-refractivity contribution is 5.95. The van der Waals surface area contributed by atoms with Crippen molar-refractivity contribution in [3.63, 3.8) is 0 Å². The molecular formula is C18H25N3O3. The van der Waals surface area contributed by atoms with E-state index in [4.69, 9.17) is 9.84 Å². The summed E-state index contributed by atoms with van der Waals surface area (Å²) in [6.45, 7) is 6.47. The first-order valence-corrected chi connectivity index (χ1v) is 8.21. The number of nitrogens with zero attached hydrogens (tertiary/aromatic N) is 2. The van der Waals surface area contributed by atoms with Gasteiger partial charge in [-0.15, -0.1) is 0 Å². The number of carbonyl (C=O) groups excluding carboxylic acids is 1. The molecule has 0 aliphatic carbocycles. The summed E-state index contributed by atoms with van der Waals surface area (Å²) in [7, 11) is 0. The number of ether oxygens (including phenoxy) is 1. The standard InChI is InChI=1S/C18H25N3O3/c1-13(2)12-24-16-11-21(15-7-5-4-6-8-15)20-17(16)18(23)19-14(3)9-10-22/h4-8,11,13-14,22H,9-10,12H2,1-3H3,(H,19,23)/t14-/m1/s1. The number of aliphatic hydroxyl groups excluding tert-OH is 1. The predicted molar refractivity (Wildman–Crippen MR) is 92.5 cm³/mol. The van der Waals surface area contributed by atoms with Gasteiger partial charge in [-0.1, -0.05) is 32.0 Å². The Morgan fingerprint density at radius 3 is 2.62 bits per heavy atom. The molecule has 1 aromatic heterocycles. The average Bonchev–Trinajstić information content (AvgIpc) is 2.98. The second-order valence-corrected chi connectivity index (χ2v) is 6.21. The molecule has 24 heavy (non-hydrogen) atoms. The number of hydrogen-bond donors (Lipinski definition) is 2. The molecule has 1 heterocycles. The Kier molecular flexibility index (Phi) is 6.37. The van der Waals surface area contributed by atoms with Gasteiger partial charge in [0.05, 0.1) is 18.5 Å². The van der Waals surface area contributed by atoms with Gasteiger partial charge in [0, 0.05) is 12.6 Å². The van der Waals surface area contributed by atoms with Crippen LogP contribution in [0.4, 0.5) is 0 Å². The molecule has 6 nitrogen and oxygen atoms in total. The molecule has 2 aromatic rings. The lowest BCUT2D eigenvalue weighted by molar-refractivity contribution is 0.0924. The smallest absolute Gasteiger partial charge is 0.275 e. The molecule has 2 rings (SSSR count). The summed E-state index contributed by atoms with van der Waals surface area (Å²) in [4.78, 5) is 12.5. The van der Waals surface area contributed by atoms with Gasteiger partial charge in [-0.25, -0.2) is 4.68 Å². The van der Waals surface area contributed by atoms with Crippen molar-refractivity contribution in [3.05, 3.63) is 42.2 Å². The minimum atomic E-state index is -0.301. The van der Waals surface area contributed by atoms with Gasteiger partial charge < -0.3 is 15.2 Å². The number of aromatic nitrogens is 2. The fourth-order valence-electron chi connectivity index (χ4n) is 2.15. The third-order valence-electron chi connectivity index (χ3n) is 3.43. The Morgan fingerprint density at radius 1 is 1.29 bits per heavy atom. The van der Waals surface area contributed by atoms with Gasteiger partial charge in [-0.2, -0.15) is 5.10 Å². The van der Waals surface area contributed by atoms with Crippen LogP contribution >= 0.6 is 0 Å². The molecule has 0 aliphatic heterocycles. The van der Waals surface area contributed by atoms with Crippen LogP contribution in [0.15, 0.2) is 36.5 Å². The summed E-state index contributed by atoms with van der Waals surface area (Å²) in [6, 6.07) is 9.43. The Morgan fingerprint density at radius 2 is 2.00 bits per heavy atom. The van der Waals surface area contributed by atoms with Gasteiger partial charge in [-0.3, -0.25) is 4.79 Å². The zero-order valence-corrected chi connectivity index (χ0v) is 14.4.